The van der Waals surface area contributed by atoms with Crippen molar-refractivity contribution < 1.29 is 22.4 Å². The van der Waals surface area contributed by atoms with Crippen molar-refractivity contribution >= 4 is 43.5 Å². The van der Waals surface area contributed by atoms with Gasteiger partial charge in [0.1, 0.15) is 18.4 Å². The number of nitrogens with one attached hydrogen (secondary N) is 1. The Balaban J connectivity index is 2.01. The maximum atomic E-state index is 13.9. The minimum absolute atomic E-state index is 0.00422. The molecule has 1 atom stereocenters. The van der Waals surface area contributed by atoms with E-state index in [0.29, 0.717) is 17.8 Å². The van der Waals surface area contributed by atoms with Gasteiger partial charge in [0.2, 0.25) is 21.8 Å². The number of nitrogens with zero attached hydrogens (tertiary/aromatic N) is 2. The van der Waals surface area contributed by atoms with E-state index >= 15 is 0 Å². The Labute approximate surface area is 238 Å². The molecule has 10 heteroatoms. The third kappa shape index (κ3) is 9.18. The number of carbonyl (C=O) groups excluding carboxylic acids is 2. The molecule has 3 aromatic carbocycles. The van der Waals surface area contributed by atoms with Crippen molar-refractivity contribution in [3.63, 3.8) is 0 Å². The quantitative estimate of drug-likeness (QED) is 0.276. The lowest BCUT2D eigenvalue weighted by atomic mass is 10.0. The van der Waals surface area contributed by atoms with Gasteiger partial charge in [0.25, 0.3) is 0 Å². The highest BCUT2D eigenvalue weighted by Crippen LogP contribution is 2.22. The smallest absolute Gasteiger partial charge is 0.244 e. The van der Waals surface area contributed by atoms with Crippen molar-refractivity contribution in [3.8, 4) is 0 Å². The van der Waals surface area contributed by atoms with Crippen LogP contribution in [0.2, 0.25) is 0 Å². The monoisotopic (exact) mass is 617 g/mol. The van der Waals surface area contributed by atoms with Crippen molar-refractivity contribution in [2.45, 2.75) is 38.8 Å². The Bertz CT molecular complexity index is 1340. The molecule has 7 nitrogen and oxygen atoms in total. The highest BCUT2D eigenvalue weighted by atomic mass is 79.9. The first-order valence-electron chi connectivity index (χ1n) is 12.7. The second kappa shape index (κ2) is 14.2. The Morgan fingerprint density at radius 2 is 1.59 bits per heavy atom. The average Bonchev–Trinajstić information content (AvgIpc) is 2.91. The van der Waals surface area contributed by atoms with Gasteiger partial charge in [0, 0.05) is 24.0 Å². The molecule has 0 heterocycles. The topological polar surface area (TPSA) is 86.8 Å². The number of sulfonamides is 1. The molecule has 0 aromatic heterocycles. The summed E-state index contributed by atoms with van der Waals surface area (Å²) in [6.07, 6.45) is 2.92. The molecule has 3 rings (SSSR count). The molecular formula is C29H33BrFN3O4S. The molecule has 0 aliphatic rings. The van der Waals surface area contributed by atoms with E-state index in [2.05, 4.69) is 21.2 Å². The number of carbonyl (C=O) groups is 2. The molecule has 3 aromatic rings. The molecular weight excluding hydrogens is 585 g/mol. The predicted octanol–water partition coefficient (Wildman–Crippen LogP) is 4.91. The number of anilines is 1. The van der Waals surface area contributed by atoms with Gasteiger partial charge in [-0.05, 0) is 53.9 Å². The van der Waals surface area contributed by atoms with Crippen LogP contribution < -0.4 is 9.62 Å². The molecule has 0 bridgehead atoms. The molecule has 1 N–H and O–H groups in total. The molecule has 208 valence electrons. The zero-order chi connectivity index (χ0) is 28.4. The number of benzene rings is 3. The summed E-state index contributed by atoms with van der Waals surface area (Å²) in [7, 11) is -3.84. The second-order valence-corrected chi connectivity index (χ2v) is 12.1. The lowest BCUT2D eigenvalue weighted by Gasteiger charge is -2.33. The van der Waals surface area contributed by atoms with Crippen LogP contribution in [0.15, 0.2) is 83.3 Å². The van der Waals surface area contributed by atoms with Crippen LogP contribution in [-0.2, 0) is 32.6 Å². The van der Waals surface area contributed by atoms with Gasteiger partial charge in [-0.15, -0.1) is 0 Å². The van der Waals surface area contributed by atoms with E-state index in [4.69, 9.17) is 0 Å². The van der Waals surface area contributed by atoms with Crippen molar-refractivity contribution in [2.75, 3.05) is 23.7 Å². The van der Waals surface area contributed by atoms with Crippen LogP contribution in [0.25, 0.3) is 0 Å². The molecule has 0 saturated carbocycles. The molecule has 0 unspecified atom stereocenters. The van der Waals surface area contributed by atoms with Gasteiger partial charge >= 0.3 is 0 Å². The summed E-state index contributed by atoms with van der Waals surface area (Å²) in [5.74, 6) is -1.31. The summed E-state index contributed by atoms with van der Waals surface area (Å²) in [5.41, 5.74) is 1.78. The first kappa shape index (κ1) is 30.3. The molecule has 2 amide bonds. The highest BCUT2D eigenvalue weighted by Gasteiger charge is 2.33. The van der Waals surface area contributed by atoms with Crippen LogP contribution in [0.5, 0.6) is 0 Å². The van der Waals surface area contributed by atoms with Gasteiger partial charge in [-0.25, -0.2) is 12.8 Å². The molecule has 0 radical (unpaired) electrons. The van der Waals surface area contributed by atoms with Gasteiger partial charge in [-0.1, -0.05) is 71.7 Å². The van der Waals surface area contributed by atoms with Crippen LogP contribution in [0.3, 0.4) is 0 Å². The fourth-order valence-corrected chi connectivity index (χ4v) is 5.18. The van der Waals surface area contributed by atoms with Gasteiger partial charge in [0.15, 0.2) is 0 Å². The zero-order valence-electron chi connectivity index (χ0n) is 22.0. The first-order valence-corrected chi connectivity index (χ1v) is 15.3. The second-order valence-electron chi connectivity index (χ2n) is 9.24. The van der Waals surface area contributed by atoms with Crippen LogP contribution in [0.1, 0.15) is 30.9 Å². The normalized spacial score (nSPS) is 12.0. The minimum atomic E-state index is -3.84. The summed E-state index contributed by atoms with van der Waals surface area (Å²) in [5, 5.41) is 2.93. The fraction of sp³-hybridized carbons (Fsp3) is 0.310. The standard InChI is InChI=1S/C29H33BrFN3O4S/c1-3-4-18-32-29(36)27(19-22-8-6-5-7-9-22)33(20-23-10-14-25(31)15-11-23)28(35)21-34(39(2,37)38)26-16-12-24(30)13-17-26/h5-17,27H,3-4,18-21H2,1-2H3,(H,32,36)/t27-/m1/s1. The van der Waals surface area contributed by atoms with E-state index in [9.17, 15) is 22.4 Å². The number of hydrogen-bond acceptors (Lipinski definition) is 4. The summed E-state index contributed by atoms with van der Waals surface area (Å²) in [6.45, 7) is 1.96. The van der Waals surface area contributed by atoms with E-state index < -0.39 is 34.3 Å². The number of amides is 2. The highest BCUT2D eigenvalue weighted by molar-refractivity contribution is 9.10. The van der Waals surface area contributed by atoms with Crippen molar-refractivity contribution in [1.82, 2.24) is 10.2 Å². The van der Waals surface area contributed by atoms with Crippen molar-refractivity contribution in [2.24, 2.45) is 0 Å². The summed E-state index contributed by atoms with van der Waals surface area (Å²) in [4.78, 5) is 28.8. The van der Waals surface area contributed by atoms with E-state index in [1.807, 2.05) is 37.3 Å². The molecule has 0 aliphatic heterocycles. The lowest BCUT2D eigenvalue weighted by Crippen LogP contribution is -2.53. The van der Waals surface area contributed by atoms with Crippen LogP contribution in [0.4, 0.5) is 10.1 Å². The van der Waals surface area contributed by atoms with Gasteiger partial charge in [0.05, 0.1) is 11.9 Å². The Morgan fingerprint density at radius 1 is 0.949 bits per heavy atom. The molecule has 0 spiro atoms. The summed E-state index contributed by atoms with van der Waals surface area (Å²) >= 11 is 3.34. The number of unbranched alkanes of at least 4 members (excludes halogenated alkanes) is 1. The molecule has 0 aliphatic carbocycles. The fourth-order valence-electron chi connectivity index (χ4n) is 4.07. The van der Waals surface area contributed by atoms with Gasteiger partial charge in [-0.3, -0.25) is 13.9 Å². The SMILES string of the molecule is CCCCNC(=O)[C@@H](Cc1ccccc1)N(Cc1ccc(F)cc1)C(=O)CN(c1ccc(Br)cc1)S(C)(=O)=O. The Hall–Kier alpha value is -3.24. The average molecular weight is 619 g/mol. The minimum Gasteiger partial charge on any atom is -0.354 e. The number of hydrogen-bond donors (Lipinski definition) is 1. The predicted molar refractivity (Wildman–Crippen MR) is 155 cm³/mol. The first-order chi connectivity index (χ1) is 18.6. The molecule has 39 heavy (non-hydrogen) atoms. The van der Waals surface area contributed by atoms with Crippen molar-refractivity contribution in [1.29, 1.82) is 0 Å². The lowest BCUT2D eigenvalue weighted by molar-refractivity contribution is -0.140. The van der Waals surface area contributed by atoms with Crippen LogP contribution >= 0.6 is 15.9 Å². The van der Waals surface area contributed by atoms with Crippen LogP contribution in [-0.4, -0.2) is 50.5 Å². The van der Waals surface area contributed by atoms with Crippen molar-refractivity contribution in [3.05, 3.63) is 100 Å². The number of rotatable bonds is 13. The van der Waals surface area contributed by atoms with E-state index in [1.54, 1.807) is 36.4 Å². The largest absolute Gasteiger partial charge is 0.354 e. The van der Waals surface area contributed by atoms with E-state index in [-0.39, 0.29) is 18.9 Å². The summed E-state index contributed by atoms with van der Waals surface area (Å²) in [6, 6.07) is 20.6. The Kier molecular flexibility index (Phi) is 11.1. The van der Waals surface area contributed by atoms with E-state index in [1.165, 1.54) is 17.0 Å². The molecule has 0 fully saturated rings. The zero-order valence-corrected chi connectivity index (χ0v) is 24.4. The third-order valence-corrected chi connectivity index (χ3v) is 7.83. The Morgan fingerprint density at radius 3 is 2.18 bits per heavy atom. The maximum absolute atomic E-state index is 13.9. The third-order valence-electron chi connectivity index (χ3n) is 6.16. The maximum Gasteiger partial charge on any atom is 0.244 e. The van der Waals surface area contributed by atoms with Crippen LogP contribution in [0, 0.1) is 5.82 Å². The van der Waals surface area contributed by atoms with Gasteiger partial charge < -0.3 is 10.2 Å². The van der Waals surface area contributed by atoms with E-state index in [0.717, 1.165) is 33.4 Å². The number of halogens is 2. The molecule has 0 saturated heterocycles. The van der Waals surface area contributed by atoms with Gasteiger partial charge in [-0.2, -0.15) is 0 Å². The summed E-state index contributed by atoms with van der Waals surface area (Å²) < 4.78 is 40.9.